The van der Waals surface area contributed by atoms with E-state index in [2.05, 4.69) is 5.32 Å². The van der Waals surface area contributed by atoms with Gasteiger partial charge in [0.25, 0.3) is 0 Å². The molecule has 1 rings (SSSR count). The number of nitrogens with two attached hydrogens (primary N) is 4. The Morgan fingerprint density at radius 2 is 1.55 bits per heavy atom. The normalized spacial score (nSPS) is 20.9. The average molecular weight is 603 g/mol. The van der Waals surface area contributed by atoms with Gasteiger partial charge in [-0.05, 0) is 38.6 Å². The number of aliphatic hydroxyl groups excluding tert-OH is 2. The van der Waals surface area contributed by atoms with Crippen LogP contribution in [0, 0.1) is 11.3 Å². The van der Waals surface area contributed by atoms with Gasteiger partial charge in [-0.25, -0.2) is 4.79 Å². The summed E-state index contributed by atoms with van der Waals surface area (Å²) in [4.78, 5) is 95.8. The molecule has 2 amide bonds. The molecule has 7 atom stereocenters. The highest BCUT2D eigenvalue weighted by atomic mass is 16.4. The minimum atomic E-state index is -4.07. The SMILES string of the molecule is CC(C)CC(N)C(=O)C(CC(=O)O)(C(=O)C1CCCN1)C(C(=O)O)(C(=O)C(N)CO)N(C(=O)CN)C(=O)C(N)C(C)O. The van der Waals surface area contributed by atoms with Gasteiger partial charge in [0.1, 0.15) is 11.5 Å². The molecule has 0 spiro atoms. The van der Waals surface area contributed by atoms with E-state index in [1.807, 2.05) is 0 Å². The van der Waals surface area contributed by atoms with Gasteiger partial charge in [0.2, 0.25) is 17.4 Å². The van der Waals surface area contributed by atoms with Gasteiger partial charge in [0.15, 0.2) is 17.3 Å². The van der Waals surface area contributed by atoms with Crippen molar-refractivity contribution in [2.45, 2.75) is 82.3 Å². The number of carbonyl (C=O) groups is 7. The van der Waals surface area contributed by atoms with Crippen molar-refractivity contribution in [3.05, 3.63) is 0 Å². The van der Waals surface area contributed by atoms with Crippen LogP contribution in [-0.4, -0.2) is 122 Å². The van der Waals surface area contributed by atoms with Gasteiger partial charge in [0.05, 0.1) is 43.8 Å². The molecular weight excluding hydrogens is 560 g/mol. The average Bonchev–Trinajstić information content (AvgIpc) is 3.46. The molecule has 1 fully saturated rings. The van der Waals surface area contributed by atoms with Crippen LogP contribution in [0.15, 0.2) is 0 Å². The lowest BCUT2D eigenvalue weighted by Gasteiger charge is -2.51. The van der Waals surface area contributed by atoms with Crippen LogP contribution in [0.4, 0.5) is 0 Å². The fourth-order valence-electron chi connectivity index (χ4n) is 5.31. The fraction of sp³-hybridized carbons (Fsp3) is 0.720. The lowest BCUT2D eigenvalue weighted by Crippen LogP contribution is -2.81. The molecule has 0 radical (unpaired) electrons. The second-order valence-corrected chi connectivity index (χ2v) is 10.8. The highest BCUT2D eigenvalue weighted by Gasteiger charge is 2.76. The number of ketones is 3. The Morgan fingerprint density at radius 3 is 1.93 bits per heavy atom. The monoisotopic (exact) mass is 602 g/mol. The zero-order chi connectivity index (χ0) is 32.7. The van der Waals surface area contributed by atoms with E-state index in [1.54, 1.807) is 13.8 Å². The van der Waals surface area contributed by atoms with Crippen molar-refractivity contribution in [1.29, 1.82) is 0 Å². The number of carbonyl (C=O) groups excluding carboxylic acids is 5. The number of hydrogen-bond donors (Lipinski definition) is 9. The van der Waals surface area contributed by atoms with E-state index in [9.17, 15) is 54.0 Å². The summed E-state index contributed by atoms with van der Waals surface area (Å²) in [6, 6.07) is -7.64. The van der Waals surface area contributed by atoms with E-state index in [0.29, 0.717) is 6.42 Å². The fourth-order valence-corrected chi connectivity index (χ4v) is 5.31. The molecule has 7 unspecified atom stereocenters. The molecule has 17 heteroatoms. The van der Waals surface area contributed by atoms with Gasteiger partial charge in [-0.3, -0.25) is 33.7 Å². The molecule has 0 aliphatic carbocycles. The lowest BCUT2D eigenvalue weighted by molar-refractivity contribution is -0.189. The van der Waals surface area contributed by atoms with Crippen molar-refractivity contribution < 1.29 is 54.0 Å². The van der Waals surface area contributed by atoms with E-state index >= 15 is 0 Å². The van der Waals surface area contributed by atoms with Crippen LogP contribution in [-0.2, 0) is 33.6 Å². The Morgan fingerprint density at radius 1 is 0.976 bits per heavy atom. The first-order chi connectivity index (χ1) is 19.4. The predicted molar refractivity (Wildman–Crippen MR) is 144 cm³/mol. The number of carboxylic acid groups (broad SMARTS) is 2. The summed E-state index contributed by atoms with van der Waals surface area (Å²) in [5.74, 6) is -13.3. The van der Waals surface area contributed by atoms with Crippen molar-refractivity contribution in [2.24, 2.45) is 34.3 Å². The Hall–Kier alpha value is -3.19. The second-order valence-electron chi connectivity index (χ2n) is 10.8. The third-order valence-corrected chi connectivity index (χ3v) is 7.30. The summed E-state index contributed by atoms with van der Waals surface area (Å²) in [5.41, 5.74) is 15.5. The molecule has 0 bridgehead atoms. The maximum absolute atomic E-state index is 14.5. The van der Waals surface area contributed by atoms with E-state index in [1.165, 1.54) is 0 Å². The van der Waals surface area contributed by atoms with Crippen molar-refractivity contribution in [3.63, 3.8) is 0 Å². The number of nitrogens with zero attached hydrogens (tertiary/aromatic N) is 1. The lowest BCUT2D eigenvalue weighted by atomic mass is 9.55. The minimum Gasteiger partial charge on any atom is -0.481 e. The maximum atomic E-state index is 14.5. The molecule has 1 heterocycles. The number of amides is 2. The number of rotatable bonds is 17. The summed E-state index contributed by atoms with van der Waals surface area (Å²) in [6.45, 7) is 1.85. The zero-order valence-electron chi connectivity index (χ0n) is 23.8. The Balaban J connectivity index is 4.65. The van der Waals surface area contributed by atoms with Crippen LogP contribution >= 0.6 is 0 Å². The molecule has 1 saturated heterocycles. The third kappa shape index (κ3) is 6.72. The maximum Gasteiger partial charge on any atom is 0.339 e. The summed E-state index contributed by atoms with van der Waals surface area (Å²) in [5, 5.41) is 43.5. The Kier molecular flexibility index (Phi) is 13.0. The van der Waals surface area contributed by atoms with Gasteiger partial charge in [-0.2, -0.15) is 0 Å². The second kappa shape index (κ2) is 14.8. The van der Waals surface area contributed by atoms with Gasteiger partial charge in [0, 0.05) is 0 Å². The van der Waals surface area contributed by atoms with Crippen LogP contribution in [0.3, 0.4) is 0 Å². The van der Waals surface area contributed by atoms with E-state index < -0.39 is 102 Å². The smallest absolute Gasteiger partial charge is 0.339 e. The van der Waals surface area contributed by atoms with Gasteiger partial charge in [-0.1, -0.05) is 13.8 Å². The molecule has 238 valence electrons. The van der Waals surface area contributed by atoms with Crippen molar-refractivity contribution in [2.75, 3.05) is 19.7 Å². The number of nitrogens with one attached hydrogen (secondary N) is 1. The quantitative estimate of drug-likeness (QED) is 0.0707. The molecule has 0 aromatic heterocycles. The number of carboxylic acids is 2. The summed E-state index contributed by atoms with van der Waals surface area (Å²) in [7, 11) is 0. The van der Waals surface area contributed by atoms with Gasteiger partial charge >= 0.3 is 11.9 Å². The number of imide groups is 1. The largest absolute Gasteiger partial charge is 0.481 e. The summed E-state index contributed by atoms with van der Waals surface area (Å²) < 4.78 is 0. The molecule has 13 N–H and O–H groups in total. The molecular formula is C25H42N6O11. The highest BCUT2D eigenvalue weighted by Crippen LogP contribution is 2.47. The van der Waals surface area contributed by atoms with Gasteiger partial charge in [-0.15, -0.1) is 0 Å². The van der Waals surface area contributed by atoms with Crippen LogP contribution in [0.2, 0.25) is 0 Å². The van der Waals surface area contributed by atoms with Crippen LogP contribution in [0.25, 0.3) is 0 Å². The summed E-state index contributed by atoms with van der Waals surface area (Å²) in [6.07, 6.45) is -3.51. The number of aliphatic carboxylic acids is 2. The van der Waals surface area contributed by atoms with E-state index in [-0.39, 0.29) is 30.2 Å². The van der Waals surface area contributed by atoms with Crippen molar-refractivity contribution >= 4 is 41.1 Å². The molecule has 1 aliphatic heterocycles. The molecule has 0 aromatic carbocycles. The first-order valence-corrected chi connectivity index (χ1v) is 13.3. The zero-order valence-corrected chi connectivity index (χ0v) is 23.8. The number of hydrogen-bond acceptors (Lipinski definition) is 14. The number of aliphatic hydroxyl groups is 2. The molecule has 0 aromatic rings. The topological polar surface area (TPSA) is 320 Å². The van der Waals surface area contributed by atoms with E-state index in [0.717, 1.165) is 6.92 Å². The minimum absolute atomic E-state index is 0.0468. The molecule has 17 nitrogen and oxygen atoms in total. The van der Waals surface area contributed by atoms with Crippen molar-refractivity contribution in [1.82, 2.24) is 10.2 Å². The van der Waals surface area contributed by atoms with Gasteiger partial charge < -0.3 is 48.7 Å². The highest BCUT2D eigenvalue weighted by molar-refractivity contribution is 6.28. The number of Topliss-reactive ketones (excluding diaryl/α,β-unsaturated/α-hetero) is 3. The van der Waals surface area contributed by atoms with Crippen LogP contribution < -0.4 is 28.3 Å². The first kappa shape index (κ1) is 36.8. The standard InChI is InChI=1S/C25H42N6O11/c1-11(2)7-13(27)19(37)24(8-17(35)36,21(39)15-5-4-6-30-15)25(23(41)42,20(38)14(28)10-32)31(16(34)9-26)22(40)18(29)12(3)33/h11-15,18,30,32-33H,4-10,26-29H2,1-3H3,(H,35,36)(H,41,42). The van der Waals surface area contributed by atoms with E-state index in [4.69, 9.17) is 22.9 Å². The Labute approximate surface area is 241 Å². The first-order valence-electron chi connectivity index (χ1n) is 13.3. The van der Waals surface area contributed by atoms with Crippen LogP contribution in [0.1, 0.15) is 46.5 Å². The molecule has 1 aliphatic rings. The van der Waals surface area contributed by atoms with Crippen LogP contribution in [0.5, 0.6) is 0 Å². The molecule has 42 heavy (non-hydrogen) atoms. The van der Waals surface area contributed by atoms with Crippen molar-refractivity contribution in [3.8, 4) is 0 Å². The molecule has 0 saturated carbocycles. The predicted octanol–water partition coefficient (Wildman–Crippen LogP) is -4.55. The summed E-state index contributed by atoms with van der Waals surface area (Å²) >= 11 is 0. The Bertz CT molecular complexity index is 1080. The third-order valence-electron chi connectivity index (χ3n) is 7.30.